The van der Waals surface area contributed by atoms with E-state index in [2.05, 4.69) is 31.9 Å². The van der Waals surface area contributed by atoms with Gasteiger partial charge in [-0.05, 0) is 62.2 Å². The molecule has 4 aromatic carbocycles. The largest absolute Gasteiger partial charge is 0.507 e. The fraction of sp³-hybridized carbons (Fsp3) is 0.176. The number of methoxy groups -OCH3 is 6. The molecule has 0 aliphatic carbocycles. The normalized spacial score (nSPS) is 9.33. The van der Waals surface area contributed by atoms with Crippen LogP contribution < -0.4 is 28.4 Å². The highest BCUT2D eigenvalue weighted by molar-refractivity contribution is 9.11. The first-order chi connectivity index (χ1) is 23.0. The van der Waals surface area contributed by atoms with E-state index in [0.717, 1.165) is 44.1 Å². The van der Waals surface area contributed by atoms with Crippen molar-refractivity contribution >= 4 is 57.0 Å². The van der Waals surface area contributed by atoms with Crippen LogP contribution in [0.5, 0.6) is 46.0 Å². The van der Waals surface area contributed by atoms with Crippen molar-refractivity contribution < 1.29 is 57.8 Å². The van der Waals surface area contributed by atoms with Gasteiger partial charge in [0.25, 0.3) is 0 Å². The second-order valence-electron chi connectivity index (χ2n) is 8.78. The van der Waals surface area contributed by atoms with Gasteiger partial charge in [-0.3, -0.25) is 19.2 Å². The molecule has 12 nitrogen and oxygen atoms in total. The fourth-order valence-corrected chi connectivity index (χ4v) is 4.80. The van der Waals surface area contributed by atoms with Crippen molar-refractivity contribution in [2.45, 2.75) is 0 Å². The number of ether oxygens (including phenoxy) is 6. The molecule has 0 radical (unpaired) electrons. The first-order valence-electron chi connectivity index (χ1n) is 13.4. The van der Waals surface area contributed by atoms with Crippen LogP contribution in [0.1, 0.15) is 41.4 Å². The van der Waals surface area contributed by atoms with Gasteiger partial charge in [0.2, 0.25) is 0 Å². The third-order valence-corrected chi connectivity index (χ3v) is 7.21. The summed E-state index contributed by atoms with van der Waals surface area (Å²) in [6.07, 6.45) is 2.07. The Morgan fingerprint density at radius 1 is 0.458 bits per heavy atom. The molecule has 2 N–H and O–H groups in total. The lowest BCUT2D eigenvalue weighted by molar-refractivity contribution is 0.110. The predicted molar refractivity (Wildman–Crippen MR) is 185 cm³/mol. The number of hydrogen-bond donors (Lipinski definition) is 2. The standard InChI is InChI=1S/C10H10O4.C8H8Br2O2.C8H6O4.C8H10O2/c1-13-9-4-10(14-2)8(6-12)3-7(9)5-11;1-11-7-4-8(12-2)6(10)3-5(7)9;9-3-5-1-6(4-10)8(12)2-7(5)11;1-9-7-4-3-5-8(6-7)10-2/h3-6H,1-2H3;3-4H,1-2H3;1-4,11-12H;3-6H,1-2H3. The van der Waals surface area contributed by atoms with E-state index in [9.17, 15) is 19.2 Å². The van der Waals surface area contributed by atoms with Gasteiger partial charge in [0, 0.05) is 24.3 Å². The molecule has 0 aromatic heterocycles. The maximum atomic E-state index is 10.6. The van der Waals surface area contributed by atoms with Gasteiger partial charge in [-0.2, -0.15) is 0 Å². The second kappa shape index (κ2) is 21.7. The number of carbonyl (C=O) groups excluding carboxylic acids is 4. The third kappa shape index (κ3) is 12.3. The highest BCUT2D eigenvalue weighted by Crippen LogP contribution is 2.35. The average Bonchev–Trinajstić information content (AvgIpc) is 3.12. The van der Waals surface area contributed by atoms with Gasteiger partial charge in [-0.15, -0.1) is 0 Å². The van der Waals surface area contributed by atoms with E-state index in [-0.39, 0.29) is 22.6 Å². The molecular weight excluding hydrogens is 760 g/mol. The lowest BCUT2D eigenvalue weighted by Gasteiger charge is -2.08. The van der Waals surface area contributed by atoms with Crippen LogP contribution in [-0.2, 0) is 0 Å². The van der Waals surface area contributed by atoms with Crippen LogP contribution in [0.25, 0.3) is 0 Å². The molecule has 0 aliphatic heterocycles. The minimum absolute atomic E-state index is 0.0186. The molecule has 0 saturated heterocycles. The summed E-state index contributed by atoms with van der Waals surface area (Å²) in [7, 11) is 9.40. The molecule has 0 spiro atoms. The van der Waals surface area contributed by atoms with Crippen LogP contribution >= 0.6 is 31.9 Å². The van der Waals surface area contributed by atoms with Gasteiger partial charge in [0.05, 0.1) is 73.9 Å². The summed E-state index contributed by atoms with van der Waals surface area (Å²) in [5.41, 5.74) is 0.621. The number of aromatic hydroxyl groups is 2. The Kier molecular flexibility index (Phi) is 18.5. The van der Waals surface area contributed by atoms with Gasteiger partial charge in [0.15, 0.2) is 25.1 Å². The topological polar surface area (TPSA) is 164 Å². The molecular formula is C34H34Br2O12. The lowest BCUT2D eigenvalue weighted by atomic mass is 10.1. The van der Waals surface area contributed by atoms with Gasteiger partial charge in [-0.25, -0.2) is 0 Å². The maximum absolute atomic E-state index is 10.6. The first-order valence-corrected chi connectivity index (χ1v) is 15.0. The van der Waals surface area contributed by atoms with Crippen molar-refractivity contribution in [3.8, 4) is 46.0 Å². The number of carbonyl (C=O) groups is 4. The van der Waals surface area contributed by atoms with Crippen LogP contribution in [0, 0.1) is 0 Å². The molecule has 14 heteroatoms. The Labute approximate surface area is 294 Å². The van der Waals surface area contributed by atoms with E-state index < -0.39 is 0 Å². The van der Waals surface area contributed by atoms with Crippen LogP contribution in [-0.4, -0.2) is 78.0 Å². The number of hydrogen-bond acceptors (Lipinski definition) is 12. The van der Waals surface area contributed by atoms with Crippen molar-refractivity contribution in [3.63, 3.8) is 0 Å². The summed E-state index contributed by atoms with van der Waals surface area (Å²) in [5.74, 6) is 3.26. The lowest BCUT2D eigenvalue weighted by Crippen LogP contribution is -1.96. The monoisotopic (exact) mass is 792 g/mol. The zero-order valence-electron chi connectivity index (χ0n) is 26.8. The zero-order valence-corrected chi connectivity index (χ0v) is 30.0. The van der Waals surface area contributed by atoms with E-state index in [1.54, 1.807) is 28.4 Å². The molecule has 0 saturated carbocycles. The van der Waals surface area contributed by atoms with Gasteiger partial charge in [0.1, 0.15) is 46.0 Å². The van der Waals surface area contributed by atoms with Crippen LogP contribution in [0.4, 0.5) is 0 Å². The van der Waals surface area contributed by atoms with Crippen molar-refractivity contribution in [3.05, 3.63) is 91.9 Å². The van der Waals surface area contributed by atoms with Crippen molar-refractivity contribution in [1.82, 2.24) is 0 Å². The summed E-state index contributed by atoms with van der Waals surface area (Å²) in [5, 5.41) is 18.0. The quantitative estimate of drug-likeness (QED) is 0.159. The second-order valence-corrected chi connectivity index (χ2v) is 10.5. The fourth-order valence-electron chi connectivity index (χ4n) is 3.49. The van der Waals surface area contributed by atoms with E-state index in [4.69, 9.17) is 38.6 Å². The Hall–Kier alpha value is -5.08. The van der Waals surface area contributed by atoms with Gasteiger partial charge < -0.3 is 38.6 Å². The summed E-state index contributed by atoms with van der Waals surface area (Å²) < 4.78 is 31.8. The summed E-state index contributed by atoms with van der Waals surface area (Å²) >= 11 is 6.72. The van der Waals surface area contributed by atoms with Gasteiger partial charge >= 0.3 is 0 Å². The number of rotatable bonds is 10. The van der Waals surface area contributed by atoms with E-state index >= 15 is 0 Å². The summed E-state index contributed by atoms with van der Waals surface area (Å²) in [6, 6.07) is 16.2. The molecule has 0 bridgehead atoms. The number of aldehydes is 4. The predicted octanol–water partition coefficient (Wildman–Crippen LogP) is 6.98. The molecule has 48 heavy (non-hydrogen) atoms. The number of phenols is 2. The number of benzene rings is 4. The highest BCUT2D eigenvalue weighted by atomic mass is 79.9. The summed E-state index contributed by atoms with van der Waals surface area (Å²) in [4.78, 5) is 41.7. The molecule has 256 valence electrons. The highest BCUT2D eigenvalue weighted by Gasteiger charge is 2.10. The van der Waals surface area contributed by atoms with Crippen LogP contribution in [0.2, 0.25) is 0 Å². The molecule has 0 heterocycles. The van der Waals surface area contributed by atoms with Crippen LogP contribution in [0.15, 0.2) is 69.6 Å². The first kappa shape index (κ1) is 40.9. The molecule has 0 unspecified atom stereocenters. The third-order valence-electron chi connectivity index (χ3n) is 5.97. The Morgan fingerprint density at radius 3 is 1.15 bits per heavy atom. The van der Waals surface area contributed by atoms with E-state index in [0.29, 0.717) is 47.8 Å². The SMILES string of the molecule is COc1cc(OC)c(Br)cc1Br.COc1cc(OC)c(C=O)cc1C=O.COc1cccc(OC)c1.O=Cc1cc(C=O)c(O)cc1O. The van der Waals surface area contributed by atoms with Crippen molar-refractivity contribution in [2.24, 2.45) is 0 Å². The molecule has 4 aromatic rings. The molecule has 0 atom stereocenters. The minimum atomic E-state index is -0.340. The Bertz CT molecular complexity index is 1570. The van der Waals surface area contributed by atoms with Crippen molar-refractivity contribution in [1.29, 1.82) is 0 Å². The molecule has 0 aliphatic rings. The number of halogens is 2. The van der Waals surface area contributed by atoms with E-state index in [1.165, 1.54) is 26.4 Å². The molecule has 0 amide bonds. The Balaban J connectivity index is 0.000000322. The molecule has 4 rings (SSSR count). The average molecular weight is 794 g/mol. The Morgan fingerprint density at radius 2 is 0.812 bits per heavy atom. The van der Waals surface area contributed by atoms with Gasteiger partial charge in [-0.1, -0.05) is 6.07 Å². The minimum Gasteiger partial charge on any atom is -0.507 e. The van der Waals surface area contributed by atoms with E-state index in [1.807, 2.05) is 36.4 Å². The zero-order chi connectivity index (χ0) is 36.2. The molecule has 0 fully saturated rings. The van der Waals surface area contributed by atoms with Crippen LogP contribution in [0.3, 0.4) is 0 Å². The maximum Gasteiger partial charge on any atom is 0.153 e. The summed E-state index contributed by atoms with van der Waals surface area (Å²) in [6.45, 7) is 0. The number of phenolic OH excluding ortho intramolecular Hbond substituents is 2. The van der Waals surface area contributed by atoms with Crippen molar-refractivity contribution in [2.75, 3.05) is 42.7 Å². The smallest absolute Gasteiger partial charge is 0.153 e.